The minimum absolute atomic E-state index is 0.800. The Morgan fingerprint density at radius 2 is 2.06 bits per heavy atom. The van der Waals surface area contributed by atoms with E-state index >= 15 is 0 Å². The molecule has 0 saturated heterocycles. The van der Waals surface area contributed by atoms with Gasteiger partial charge in [-0.05, 0) is 25.5 Å². The van der Waals surface area contributed by atoms with Crippen LogP contribution < -0.4 is 5.32 Å². The van der Waals surface area contributed by atoms with E-state index < -0.39 is 0 Å². The average molecular weight is 244 g/mol. The van der Waals surface area contributed by atoms with Gasteiger partial charge in [-0.1, -0.05) is 12.8 Å². The summed E-state index contributed by atoms with van der Waals surface area (Å²) in [5.41, 5.74) is 1.29. The van der Waals surface area contributed by atoms with E-state index in [1.165, 1.54) is 25.0 Å². The summed E-state index contributed by atoms with van der Waals surface area (Å²) in [7, 11) is 1.99. The highest BCUT2D eigenvalue weighted by Crippen LogP contribution is 2.00. The lowest BCUT2D eigenvalue weighted by Gasteiger charge is -2.04. The van der Waals surface area contributed by atoms with Gasteiger partial charge in [-0.15, -0.1) is 11.6 Å². The molecule has 0 unspecified atom stereocenters. The van der Waals surface area contributed by atoms with Crippen molar-refractivity contribution >= 4 is 11.6 Å². The number of aryl methyl sites for hydroxylation is 1. The molecule has 16 heavy (non-hydrogen) atoms. The maximum atomic E-state index is 5.61. The zero-order chi connectivity index (χ0) is 11.6. The Balaban J connectivity index is 1.91. The van der Waals surface area contributed by atoms with Gasteiger partial charge < -0.3 is 5.32 Å². The summed E-state index contributed by atoms with van der Waals surface area (Å²) >= 11 is 5.61. The third kappa shape index (κ3) is 5.52. The van der Waals surface area contributed by atoms with E-state index in [4.69, 9.17) is 11.6 Å². The van der Waals surface area contributed by atoms with E-state index in [9.17, 15) is 0 Å². The molecule has 1 aromatic heterocycles. The summed E-state index contributed by atoms with van der Waals surface area (Å²) in [6.07, 6.45) is 7.84. The first kappa shape index (κ1) is 13.5. The summed E-state index contributed by atoms with van der Waals surface area (Å²) in [6.45, 7) is 2.15. The SMILES string of the molecule is Cn1nccc1CCNCCCCCCCl. The number of nitrogens with one attached hydrogen (secondary N) is 1. The minimum atomic E-state index is 0.800. The Labute approximate surface area is 103 Å². The zero-order valence-corrected chi connectivity index (χ0v) is 10.8. The summed E-state index contributed by atoms with van der Waals surface area (Å²) in [6, 6.07) is 2.07. The van der Waals surface area contributed by atoms with Gasteiger partial charge in [-0.25, -0.2) is 0 Å². The Morgan fingerprint density at radius 3 is 2.75 bits per heavy atom. The van der Waals surface area contributed by atoms with E-state index in [0.29, 0.717) is 0 Å². The Morgan fingerprint density at radius 1 is 1.25 bits per heavy atom. The van der Waals surface area contributed by atoms with Gasteiger partial charge in [0, 0.05) is 37.8 Å². The van der Waals surface area contributed by atoms with Crippen LogP contribution in [-0.2, 0) is 13.5 Å². The number of alkyl halides is 1. The molecule has 1 N–H and O–H groups in total. The van der Waals surface area contributed by atoms with Crippen molar-refractivity contribution in [3.8, 4) is 0 Å². The third-order valence-corrected chi connectivity index (χ3v) is 2.98. The number of halogens is 1. The van der Waals surface area contributed by atoms with E-state index in [1.807, 2.05) is 17.9 Å². The van der Waals surface area contributed by atoms with Crippen molar-refractivity contribution in [3.05, 3.63) is 18.0 Å². The molecule has 0 aliphatic carbocycles. The molecule has 1 rings (SSSR count). The predicted molar refractivity (Wildman–Crippen MR) is 69.0 cm³/mol. The number of hydrogen-bond acceptors (Lipinski definition) is 2. The van der Waals surface area contributed by atoms with Gasteiger partial charge in [0.1, 0.15) is 0 Å². The van der Waals surface area contributed by atoms with Crippen molar-refractivity contribution in [3.63, 3.8) is 0 Å². The largest absolute Gasteiger partial charge is 0.316 e. The van der Waals surface area contributed by atoms with E-state index in [2.05, 4.69) is 16.5 Å². The highest BCUT2D eigenvalue weighted by Gasteiger charge is 1.97. The smallest absolute Gasteiger partial charge is 0.0492 e. The second-order valence-corrected chi connectivity index (χ2v) is 4.43. The summed E-state index contributed by atoms with van der Waals surface area (Å²) in [4.78, 5) is 0. The van der Waals surface area contributed by atoms with Gasteiger partial charge in [0.15, 0.2) is 0 Å². The maximum Gasteiger partial charge on any atom is 0.0492 e. The lowest BCUT2D eigenvalue weighted by molar-refractivity contribution is 0.589. The summed E-state index contributed by atoms with van der Waals surface area (Å²) < 4.78 is 1.93. The molecule has 1 aromatic rings. The van der Waals surface area contributed by atoms with Gasteiger partial charge >= 0.3 is 0 Å². The lowest BCUT2D eigenvalue weighted by atomic mass is 10.2. The molecule has 0 amide bonds. The van der Waals surface area contributed by atoms with Gasteiger partial charge in [0.2, 0.25) is 0 Å². The first-order valence-electron chi connectivity index (χ1n) is 6.08. The van der Waals surface area contributed by atoms with Crippen LogP contribution in [0.3, 0.4) is 0 Å². The fourth-order valence-electron chi connectivity index (χ4n) is 1.69. The first-order valence-corrected chi connectivity index (χ1v) is 6.61. The molecule has 4 heteroatoms. The summed E-state index contributed by atoms with van der Waals surface area (Å²) in [5, 5.41) is 7.60. The van der Waals surface area contributed by atoms with Crippen LogP contribution >= 0.6 is 11.6 Å². The van der Waals surface area contributed by atoms with Crippen molar-refractivity contribution in [2.24, 2.45) is 7.05 Å². The molecule has 0 aliphatic heterocycles. The van der Waals surface area contributed by atoms with Crippen molar-refractivity contribution in [2.45, 2.75) is 32.1 Å². The lowest BCUT2D eigenvalue weighted by Crippen LogP contribution is -2.19. The van der Waals surface area contributed by atoms with Crippen LogP contribution in [0.2, 0.25) is 0 Å². The van der Waals surface area contributed by atoms with Crippen LogP contribution in [0.15, 0.2) is 12.3 Å². The van der Waals surface area contributed by atoms with E-state index in [-0.39, 0.29) is 0 Å². The van der Waals surface area contributed by atoms with Gasteiger partial charge in [0.05, 0.1) is 0 Å². The van der Waals surface area contributed by atoms with E-state index in [0.717, 1.165) is 31.8 Å². The zero-order valence-electron chi connectivity index (χ0n) is 10.1. The minimum Gasteiger partial charge on any atom is -0.316 e. The van der Waals surface area contributed by atoms with Crippen LogP contribution in [0.4, 0.5) is 0 Å². The summed E-state index contributed by atoms with van der Waals surface area (Å²) in [5.74, 6) is 0.800. The van der Waals surface area contributed by atoms with Crippen molar-refractivity contribution in [2.75, 3.05) is 19.0 Å². The maximum absolute atomic E-state index is 5.61. The standard InChI is InChI=1S/C12H22ClN3/c1-16-12(7-11-15-16)6-10-14-9-5-3-2-4-8-13/h7,11,14H,2-6,8-10H2,1H3. The van der Waals surface area contributed by atoms with Crippen molar-refractivity contribution in [1.82, 2.24) is 15.1 Å². The highest BCUT2D eigenvalue weighted by atomic mass is 35.5. The molecule has 3 nitrogen and oxygen atoms in total. The molecule has 1 heterocycles. The van der Waals surface area contributed by atoms with Crippen LogP contribution in [-0.4, -0.2) is 28.8 Å². The third-order valence-electron chi connectivity index (χ3n) is 2.72. The van der Waals surface area contributed by atoms with Crippen LogP contribution in [0, 0.1) is 0 Å². The number of aromatic nitrogens is 2. The van der Waals surface area contributed by atoms with Gasteiger partial charge in [0.25, 0.3) is 0 Å². The Kier molecular flexibility index (Phi) is 7.26. The Hall–Kier alpha value is -0.540. The highest BCUT2D eigenvalue weighted by molar-refractivity contribution is 6.17. The number of hydrogen-bond donors (Lipinski definition) is 1. The van der Waals surface area contributed by atoms with E-state index in [1.54, 1.807) is 0 Å². The molecular weight excluding hydrogens is 222 g/mol. The van der Waals surface area contributed by atoms with Gasteiger partial charge in [-0.2, -0.15) is 5.10 Å². The molecule has 0 fully saturated rings. The number of nitrogens with zero attached hydrogens (tertiary/aromatic N) is 2. The number of rotatable bonds is 9. The fourth-order valence-corrected chi connectivity index (χ4v) is 1.88. The second-order valence-electron chi connectivity index (χ2n) is 4.05. The van der Waals surface area contributed by atoms with Gasteiger partial charge in [-0.3, -0.25) is 4.68 Å². The monoisotopic (exact) mass is 243 g/mol. The average Bonchev–Trinajstić information content (AvgIpc) is 2.68. The first-order chi connectivity index (χ1) is 7.84. The molecule has 0 aromatic carbocycles. The molecule has 92 valence electrons. The van der Waals surface area contributed by atoms with Crippen molar-refractivity contribution in [1.29, 1.82) is 0 Å². The second kappa shape index (κ2) is 8.59. The van der Waals surface area contributed by atoms with Crippen molar-refractivity contribution < 1.29 is 0 Å². The Bertz CT molecular complexity index is 273. The normalized spacial score (nSPS) is 10.9. The number of unbranched alkanes of at least 4 members (excludes halogenated alkanes) is 3. The molecule has 0 spiro atoms. The molecule has 0 radical (unpaired) electrons. The fraction of sp³-hybridized carbons (Fsp3) is 0.750. The van der Waals surface area contributed by atoms with Crippen LogP contribution in [0.25, 0.3) is 0 Å². The predicted octanol–water partition coefficient (Wildman–Crippen LogP) is 2.35. The molecular formula is C12H22ClN3. The van der Waals surface area contributed by atoms with Crippen LogP contribution in [0.5, 0.6) is 0 Å². The molecule has 0 saturated carbocycles. The molecule has 0 bridgehead atoms. The molecule has 0 aliphatic rings. The quantitative estimate of drug-likeness (QED) is 0.533. The topological polar surface area (TPSA) is 29.9 Å². The van der Waals surface area contributed by atoms with Crippen LogP contribution in [0.1, 0.15) is 31.4 Å². The molecule has 0 atom stereocenters.